The first kappa shape index (κ1) is 11.4. The van der Waals surface area contributed by atoms with Crippen LogP contribution in [0.1, 0.15) is 12.5 Å². The van der Waals surface area contributed by atoms with Gasteiger partial charge in [0.25, 0.3) is 0 Å². The molecule has 1 aliphatic heterocycles. The first-order valence-electron chi connectivity index (χ1n) is 6.10. The summed E-state index contributed by atoms with van der Waals surface area (Å²) >= 11 is 0. The van der Waals surface area contributed by atoms with E-state index in [0.717, 1.165) is 32.6 Å². The zero-order valence-electron chi connectivity index (χ0n) is 10.0. The summed E-state index contributed by atoms with van der Waals surface area (Å²) in [7, 11) is 0. The average molecular weight is 219 g/mol. The van der Waals surface area contributed by atoms with E-state index in [1.807, 2.05) is 0 Å². The van der Waals surface area contributed by atoms with Gasteiger partial charge in [0.15, 0.2) is 0 Å². The Morgan fingerprint density at radius 3 is 2.19 bits per heavy atom. The van der Waals surface area contributed by atoms with Crippen LogP contribution in [-0.2, 0) is 6.42 Å². The minimum atomic E-state index is 0.683. The Kier molecular flexibility index (Phi) is 3.80. The number of nitrogens with zero attached hydrogens (tertiary/aromatic N) is 2. The fraction of sp³-hybridized carbons (Fsp3) is 0.538. The van der Waals surface area contributed by atoms with Crippen LogP contribution in [0.5, 0.6) is 0 Å². The van der Waals surface area contributed by atoms with Gasteiger partial charge in [0.2, 0.25) is 0 Å². The number of anilines is 1. The third kappa shape index (κ3) is 2.54. The van der Waals surface area contributed by atoms with Gasteiger partial charge in [0.1, 0.15) is 0 Å². The van der Waals surface area contributed by atoms with Crippen LogP contribution < -0.4 is 10.6 Å². The molecule has 1 saturated heterocycles. The molecule has 3 heteroatoms. The molecule has 0 bridgehead atoms. The third-order valence-corrected chi connectivity index (χ3v) is 3.34. The highest BCUT2D eigenvalue weighted by Gasteiger charge is 2.15. The molecule has 1 aromatic carbocycles. The summed E-state index contributed by atoms with van der Waals surface area (Å²) < 4.78 is 0. The number of hydrogen-bond donors (Lipinski definition) is 1. The molecule has 0 spiro atoms. The number of nitrogens with two attached hydrogens (primary N) is 1. The highest BCUT2D eigenvalue weighted by atomic mass is 15.3. The van der Waals surface area contributed by atoms with Crippen molar-refractivity contribution in [3.63, 3.8) is 0 Å². The Bertz CT molecular complexity index is 312. The molecule has 1 aromatic rings. The zero-order valence-corrected chi connectivity index (χ0v) is 10.0. The van der Waals surface area contributed by atoms with Gasteiger partial charge in [0, 0.05) is 38.5 Å². The van der Waals surface area contributed by atoms with Gasteiger partial charge in [-0.25, -0.2) is 0 Å². The Hall–Kier alpha value is -1.06. The third-order valence-electron chi connectivity index (χ3n) is 3.34. The van der Waals surface area contributed by atoms with Gasteiger partial charge in [-0.05, 0) is 24.1 Å². The number of hydrogen-bond acceptors (Lipinski definition) is 3. The second kappa shape index (κ2) is 5.32. The normalized spacial score (nSPS) is 17.8. The van der Waals surface area contributed by atoms with E-state index in [-0.39, 0.29) is 0 Å². The van der Waals surface area contributed by atoms with Gasteiger partial charge in [-0.2, -0.15) is 0 Å². The molecule has 0 aliphatic carbocycles. The fourth-order valence-electron chi connectivity index (χ4n) is 2.13. The van der Waals surface area contributed by atoms with Crippen LogP contribution in [0.25, 0.3) is 0 Å². The number of rotatable bonds is 3. The molecule has 88 valence electrons. The lowest BCUT2D eigenvalue weighted by Crippen LogP contribution is -2.48. The Morgan fingerprint density at radius 2 is 1.69 bits per heavy atom. The van der Waals surface area contributed by atoms with Crippen molar-refractivity contribution >= 4 is 5.69 Å². The van der Waals surface area contributed by atoms with E-state index in [2.05, 4.69) is 41.0 Å². The van der Waals surface area contributed by atoms with E-state index in [4.69, 9.17) is 5.73 Å². The lowest BCUT2D eigenvalue weighted by atomic mass is 10.1. The predicted molar refractivity (Wildman–Crippen MR) is 68.7 cm³/mol. The molecule has 3 nitrogen and oxygen atoms in total. The maximum Gasteiger partial charge on any atom is 0.0456 e. The summed E-state index contributed by atoms with van der Waals surface area (Å²) in [6, 6.07) is 8.92. The van der Waals surface area contributed by atoms with Crippen LogP contribution in [0.15, 0.2) is 24.3 Å². The van der Waals surface area contributed by atoms with E-state index in [1.54, 1.807) is 0 Å². The van der Waals surface area contributed by atoms with Gasteiger partial charge >= 0.3 is 0 Å². The van der Waals surface area contributed by atoms with Crippen LogP contribution in [0.3, 0.4) is 0 Å². The van der Waals surface area contributed by atoms with Crippen molar-refractivity contribution in [2.24, 2.45) is 5.73 Å². The average Bonchev–Trinajstić information content (AvgIpc) is 2.39. The monoisotopic (exact) mass is 219 g/mol. The van der Waals surface area contributed by atoms with Crippen molar-refractivity contribution in [1.29, 1.82) is 0 Å². The van der Waals surface area contributed by atoms with Gasteiger partial charge < -0.3 is 10.6 Å². The largest absolute Gasteiger partial charge is 0.369 e. The van der Waals surface area contributed by atoms with E-state index in [0.29, 0.717) is 6.67 Å². The van der Waals surface area contributed by atoms with Gasteiger partial charge in [-0.15, -0.1) is 0 Å². The summed E-state index contributed by atoms with van der Waals surface area (Å²) in [6.45, 7) is 7.20. The summed E-state index contributed by atoms with van der Waals surface area (Å²) in [5.74, 6) is 0. The molecule has 0 radical (unpaired) electrons. The summed E-state index contributed by atoms with van der Waals surface area (Å²) in [4.78, 5) is 4.72. The summed E-state index contributed by atoms with van der Waals surface area (Å²) in [5.41, 5.74) is 8.38. The van der Waals surface area contributed by atoms with E-state index in [1.165, 1.54) is 11.3 Å². The molecule has 2 N–H and O–H groups in total. The lowest BCUT2D eigenvalue weighted by molar-refractivity contribution is 0.265. The molecule has 1 aliphatic rings. The lowest BCUT2D eigenvalue weighted by Gasteiger charge is -2.35. The molecule has 0 unspecified atom stereocenters. The van der Waals surface area contributed by atoms with Gasteiger partial charge in [0.05, 0.1) is 0 Å². The summed E-state index contributed by atoms with van der Waals surface area (Å²) in [5, 5.41) is 0. The van der Waals surface area contributed by atoms with E-state index >= 15 is 0 Å². The fourth-order valence-corrected chi connectivity index (χ4v) is 2.13. The second-order valence-electron chi connectivity index (χ2n) is 4.31. The molecule has 0 saturated carbocycles. The molecule has 0 atom stereocenters. The zero-order chi connectivity index (χ0) is 11.4. The Balaban J connectivity index is 1.97. The minimum absolute atomic E-state index is 0.683. The molecule has 16 heavy (non-hydrogen) atoms. The van der Waals surface area contributed by atoms with Gasteiger partial charge in [-0.1, -0.05) is 19.1 Å². The minimum Gasteiger partial charge on any atom is -0.369 e. The quantitative estimate of drug-likeness (QED) is 0.831. The number of piperazine rings is 1. The van der Waals surface area contributed by atoms with Crippen LogP contribution in [0.4, 0.5) is 5.69 Å². The SMILES string of the molecule is CCc1ccc(N2CCN(CN)CC2)cc1. The van der Waals surface area contributed by atoms with Crippen molar-refractivity contribution in [2.45, 2.75) is 13.3 Å². The Labute approximate surface area is 97.8 Å². The second-order valence-corrected chi connectivity index (χ2v) is 4.31. The molecule has 2 rings (SSSR count). The highest BCUT2D eigenvalue weighted by Crippen LogP contribution is 2.17. The maximum atomic E-state index is 5.63. The van der Waals surface area contributed by atoms with Crippen molar-refractivity contribution < 1.29 is 0 Å². The van der Waals surface area contributed by atoms with Crippen LogP contribution in [0.2, 0.25) is 0 Å². The van der Waals surface area contributed by atoms with Crippen LogP contribution >= 0.6 is 0 Å². The molecule has 0 aromatic heterocycles. The molecule has 1 fully saturated rings. The van der Waals surface area contributed by atoms with E-state index in [9.17, 15) is 0 Å². The topological polar surface area (TPSA) is 32.5 Å². The molecular formula is C13H21N3. The van der Waals surface area contributed by atoms with E-state index < -0.39 is 0 Å². The first-order valence-corrected chi connectivity index (χ1v) is 6.10. The molecular weight excluding hydrogens is 198 g/mol. The van der Waals surface area contributed by atoms with Gasteiger partial charge in [-0.3, -0.25) is 4.90 Å². The predicted octanol–water partition coefficient (Wildman–Crippen LogP) is 1.29. The van der Waals surface area contributed by atoms with Crippen molar-refractivity contribution in [2.75, 3.05) is 37.7 Å². The standard InChI is InChI=1S/C13H21N3/c1-2-12-3-5-13(6-4-12)16-9-7-15(11-14)8-10-16/h3-6H,2,7-11,14H2,1H3. The first-order chi connectivity index (χ1) is 7.83. The summed E-state index contributed by atoms with van der Waals surface area (Å²) in [6.07, 6.45) is 1.11. The number of aryl methyl sites for hydroxylation is 1. The smallest absolute Gasteiger partial charge is 0.0456 e. The molecule has 0 amide bonds. The van der Waals surface area contributed by atoms with Crippen LogP contribution in [-0.4, -0.2) is 37.7 Å². The molecule has 1 heterocycles. The maximum absolute atomic E-state index is 5.63. The highest BCUT2D eigenvalue weighted by molar-refractivity contribution is 5.48. The van der Waals surface area contributed by atoms with Crippen molar-refractivity contribution in [1.82, 2.24) is 4.90 Å². The van der Waals surface area contributed by atoms with Crippen LogP contribution in [0, 0.1) is 0 Å². The Morgan fingerprint density at radius 1 is 1.06 bits per heavy atom. The van der Waals surface area contributed by atoms with Crippen molar-refractivity contribution in [3.05, 3.63) is 29.8 Å². The number of benzene rings is 1. The van der Waals surface area contributed by atoms with Crippen molar-refractivity contribution in [3.8, 4) is 0 Å².